The van der Waals surface area contributed by atoms with Crippen LogP contribution < -0.4 is 9.47 Å². The normalized spacial score (nSPS) is 17.0. The molecule has 1 saturated heterocycles. The second kappa shape index (κ2) is 10.1. The third kappa shape index (κ3) is 7.66. The standard InChI is InChI=1S/C23H30O6/c1-23(2,11-19(25)14-26-20-7-3-17(12-24)4-8-20)29-13-18-5-9-21(10-6-18)27-15-22-16-28-22/h3-10,19,22,24-25H,11-16H2,1-2H3. The first kappa shape index (κ1) is 21.6. The van der Waals surface area contributed by atoms with Gasteiger partial charge in [0, 0.05) is 6.42 Å². The maximum atomic E-state index is 10.3. The third-order valence-corrected chi connectivity index (χ3v) is 4.67. The minimum atomic E-state index is -0.650. The van der Waals surface area contributed by atoms with Crippen molar-refractivity contribution < 1.29 is 29.2 Å². The van der Waals surface area contributed by atoms with Crippen LogP contribution in [0.25, 0.3) is 0 Å². The van der Waals surface area contributed by atoms with Crippen LogP contribution in [0.4, 0.5) is 0 Å². The Morgan fingerprint density at radius 3 is 2.17 bits per heavy atom. The summed E-state index contributed by atoms with van der Waals surface area (Å²) in [6, 6.07) is 15.0. The summed E-state index contributed by atoms with van der Waals surface area (Å²) in [7, 11) is 0. The molecule has 2 aromatic rings. The van der Waals surface area contributed by atoms with Crippen LogP contribution in [0, 0.1) is 0 Å². The van der Waals surface area contributed by atoms with E-state index >= 15 is 0 Å². The lowest BCUT2D eigenvalue weighted by Gasteiger charge is -2.28. The number of aliphatic hydroxyl groups is 2. The highest BCUT2D eigenvalue weighted by molar-refractivity contribution is 5.27. The topological polar surface area (TPSA) is 80.7 Å². The molecule has 6 nitrogen and oxygen atoms in total. The number of hydrogen-bond donors (Lipinski definition) is 2. The fourth-order valence-electron chi connectivity index (χ4n) is 2.88. The molecule has 6 heteroatoms. The molecule has 0 amide bonds. The van der Waals surface area contributed by atoms with Gasteiger partial charge in [-0.3, -0.25) is 0 Å². The first-order valence-corrected chi connectivity index (χ1v) is 9.91. The number of aliphatic hydroxyl groups excluding tert-OH is 2. The van der Waals surface area contributed by atoms with Gasteiger partial charge >= 0.3 is 0 Å². The molecule has 2 aromatic carbocycles. The van der Waals surface area contributed by atoms with Gasteiger partial charge in [0.15, 0.2) is 0 Å². The molecule has 0 bridgehead atoms. The fraction of sp³-hybridized carbons (Fsp3) is 0.478. The summed E-state index contributed by atoms with van der Waals surface area (Å²) in [5.41, 5.74) is 1.37. The average Bonchev–Trinajstić information content (AvgIpc) is 3.55. The van der Waals surface area contributed by atoms with E-state index in [1.165, 1.54) is 0 Å². The Labute approximate surface area is 172 Å². The maximum absolute atomic E-state index is 10.3. The predicted molar refractivity (Wildman–Crippen MR) is 109 cm³/mol. The third-order valence-electron chi connectivity index (χ3n) is 4.67. The molecule has 0 aromatic heterocycles. The van der Waals surface area contributed by atoms with Crippen molar-refractivity contribution in [3.05, 3.63) is 59.7 Å². The van der Waals surface area contributed by atoms with Gasteiger partial charge in [0.05, 0.1) is 31.5 Å². The Balaban J connectivity index is 1.38. The summed E-state index contributed by atoms with van der Waals surface area (Å²) in [5, 5.41) is 19.4. The summed E-state index contributed by atoms with van der Waals surface area (Å²) in [6.45, 7) is 5.93. The molecular formula is C23H30O6. The van der Waals surface area contributed by atoms with Crippen LogP contribution in [-0.4, -0.2) is 47.8 Å². The minimum absolute atomic E-state index is 0.000387. The summed E-state index contributed by atoms with van der Waals surface area (Å²) < 4.78 is 22.4. The van der Waals surface area contributed by atoms with E-state index in [4.69, 9.17) is 24.1 Å². The molecule has 0 aliphatic carbocycles. The zero-order valence-corrected chi connectivity index (χ0v) is 17.0. The lowest BCUT2D eigenvalue weighted by atomic mass is 10.0. The van der Waals surface area contributed by atoms with Gasteiger partial charge in [0.2, 0.25) is 0 Å². The molecule has 158 valence electrons. The summed E-state index contributed by atoms with van der Waals surface area (Å²) in [6.07, 6.45) is 0.0432. The number of epoxide rings is 1. The van der Waals surface area contributed by atoms with E-state index in [1.54, 1.807) is 24.3 Å². The molecular weight excluding hydrogens is 372 g/mol. The quantitative estimate of drug-likeness (QED) is 0.531. The van der Waals surface area contributed by atoms with E-state index in [0.717, 1.165) is 23.5 Å². The Morgan fingerprint density at radius 1 is 1.00 bits per heavy atom. The number of ether oxygens (including phenoxy) is 4. The largest absolute Gasteiger partial charge is 0.491 e. The van der Waals surface area contributed by atoms with Crippen LogP contribution in [-0.2, 0) is 22.7 Å². The van der Waals surface area contributed by atoms with Crippen LogP contribution in [0.15, 0.2) is 48.5 Å². The van der Waals surface area contributed by atoms with Gasteiger partial charge in [0.25, 0.3) is 0 Å². The van der Waals surface area contributed by atoms with Crippen LogP contribution in [0.5, 0.6) is 11.5 Å². The van der Waals surface area contributed by atoms with Crippen LogP contribution in [0.1, 0.15) is 31.4 Å². The molecule has 2 N–H and O–H groups in total. The molecule has 2 unspecified atom stereocenters. The lowest BCUT2D eigenvalue weighted by Crippen LogP contribution is -2.32. The van der Waals surface area contributed by atoms with Crippen molar-refractivity contribution in [2.75, 3.05) is 19.8 Å². The summed E-state index contributed by atoms with van der Waals surface area (Å²) >= 11 is 0. The van der Waals surface area contributed by atoms with Crippen molar-refractivity contribution in [1.29, 1.82) is 0 Å². The molecule has 2 atom stereocenters. The van der Waals surface area contributed by atoms with E-state index in [0.29, 0.717) is 25.4 Å². The second-order valence-electron chi connectivity index (χ2n) is 7.93. The van der Waals surface area contributed by atoms with Gasteiger partial charge in [-0.05, 0) is 49.2 Å². The van der Waals surface area contributed by atoms with E-state index in [9.17, 15) is 5.11 Å². The fourth-order valence-corrected chi connectivity index (χ4v) is 2.88. The molecule has 29 heavy (non-hydrogen) atoms. The Bertz CT molecular complexity index is 737. The molecule has 0 saturated carbocycles. The smallest absolute Gasteiger partial charge is 0.119 e. The van der Waals surface area contributed by atoms with Crippen molar-refractivity contribution in [1.82, 2.24) is 0 Å². The molecule has 1 aliphatic rings. The van der Waals surface area contributed by atoms with Crippen molar-refractivity contribution in [2.24, 2.45) is 0 Å². The van der Waals surface area contributed by atoms with Gasteiger partial charge in [-0.2, -0.15) is 0 Å². The van der Waals surface area contributed by atoms with Crippen molar-refractivity contribution in [3.63, 3.8) is 0 Å². The molecule has 3 rings (SSSR count). The minimum Gasteiger partial charge on any atom is -0.491 e. The average molecular weight is 402 g/mol. The predicted octanol–water partition coefficient (Wildman–Crippen LogP) is 3.08. The van der Waals surface area contributed by atoms with Crippen molar-refractivity contribution in [3.8, 4) is 11.5 Å². The van der Waals surface area contributed by atoms with Crippen LogP contribution in [0.2, 0.25) is 0 Å². The van der Waals surface area contributed by atoms with Gasteiger partial charge < -0.3 is 29.2 Å². The van der Waals surface area contributed by atoms with E-state index in [2.05, 4.69) is 0 Å². The Kier molecular flexibility index (Phi) is 7.50. The second-order valence-corrected chi connectivity index (χ2v) is 7.93. The molecule has 1 heterocycles. The van der Waals surface area contributed by atoms with Gasteiger partial charge in [-0.15, -0.1) is 0 Å². The van der Waals surface area contributed by atoms with Crippen LogP contribution in [0.3, 0.4) is 0 Å². The number of rotatable bonds is 12. The highest BCUT2D eigenvalue weighted by Gasteiger charge is 2.24. The molecule has 1 aliphatic heterocycles. The SMILES string of the molecule is CC(C)(CC(O)COc1ccc(CO)cc1)OCc1ccc(OCC2CO2)cc1. The lowest BCUT2D eigenvalue weighted by molar-refractivity contribution is -0.0649. The van der Waals surface area contributed by atoms with E-state index < -0.39 is 11.7 Å². The molecule has 1 fully saturated rings. The highest BCUT2D eigenvalue weighted by atomic mass is 16.6. The highest BCUT2D eigenvalue weighted by Crippen LogP contribution is 2.22. The van der Waals surface area contributed by atoms with Gasteiger partial charge in [0.1, 0.15) is 30.8 Å². The van der Waals surface area contributed by atoms with E-state index in [-0.39, 0.29) is 19.3 Å². The van der Waals surface area contributed by atoms with Crippen molar-refractivity contribution >= 4 is 0 Å². The van der Waals surface area contributed by atoms with Gasteiger partial charge in [-0.25, -0.2) is 0 Å². The monoisotopic (exact) mass is 402 g/mol. The number of hydrogen-bond acceptors (Lipinski definition) is 6. The molecule has 0 spiro atoms. The number of benzene rings is 2. The Hall–Kier alpha value is -2.12. The first-order chi connectivity index (χ1) is 13.9. The first-order valence-electron chi connectivity index (χ1n) is 9.91. The summed E-state index contributed by atoms with van der Waals surface area (Å²) in [4.78, 5) is 0. The Morgan fingerprint density at radius 2 is 1.59 bits per heavy atom. The molecule has 0 radical (unpaired) electrons. The maximum Gasteiger partial charge on any atom is 0.119 e. The van der Waals surface area contributed by atoms with Crippen LogP contribution >= 0.6 is 0 Å². The van der Waals surface area contributed by atoms with Crippen molar-refractivity contribution in [2.45, 2.75) is 51.3 Å². The van der Waals surface area contributed by atoms with E-state index in [1.807, 2.05) is 38.1 Å². The van der Waals surface area contributed by atoms with Gasteiger partial charge in [-0.1, -0.05) is 24.3 Å². The summed E-state index contributed by atoms with van der Waals surface area (Å²) in [5.74, 6) is 1.48. The zero-order valence-electron chi connectivity index (χ0n) is 17.0. The zero-order chi connectivity index (χ0) is 20.7.